The van der Waals surface area contributed by atoms with E-state index in [0.717, 1.165) is 29.6 Å². The average molecular weight is 251 g/mol. The number of rotatable bonds is 7. The van der Waals surface area contributed by atoms with Crippen molar-refractivity contribution in [3.8, 4) is 6.07 Å². The number of nitrogens with zero attached hydrogens (tertiary/aromatic N) is 4. The molecule has 0 unspecified atom stereocenters. The average Bonchev–Trinajstić information content (AvgIpc) is 3.10. The molecule has 0 atom stereocenters. The van der Waals surface area contributed by atoms with Crippen LogP contribution in [-0.2, 0) is 6.54 Å². The zero-order valence-corrected chi connectivity index (χ0v) is 10.6. The van der Waals surface area contributed by atoms with E-state index in [1.807, 2.05) is 0 Å². The van der Waals surface area contributed by atoms with Gasteiger partial charge in [-0.05, 0) is 25.7 Å². The molecule has 0 amide bonds. The lowest BCUT2D eigenvalue weighted by Crippen LogP contribution is -2.08. The van der Waals surface area contributed by atoms with Gasteiger partial charge in [0.1, 0.15) is 5.82 Å². The van der Waals surface area contributed by atoms with Crippen LogP contribution in [0.5, 0.6) is 0 Å². The van der Waals surface area contributed by atoms with Crippen molar-refractivity contribution in [3.63, 3.8) is 0 Å². The van der Waals surface area contributed by atoms with Gasteiger partial charge in [-0.25, -0.2) is 0 Å². The molecule has 5 nitrogen and oxygen atoms in total. The van der Waals surface area contributed by atoms with Crippen LogP contribution in [0, 0.1) is 11.3 Å². The predicted octanol–water partition coefficient (Wildman–Crippen LogP) is 1.86. The monoisotopic (exact) mass is 251 g/mol. The Kier molecular flexibility index (Phi) is 4.40. The number of hydrogen-bond acceptors (Lipinski definition) is 5. The van der Waals surface area contributed by atoms with Crippen molar-refractivity contribution in [1.82, 2.24) is 14.8 Å². The first kappa shape index (κ1) is 12.4. The van der Waals surface area contributed by atoms with E-state index >= 15 is 0 Å². The van der Waals surface area contributed by atoms with Crippen LogP contribution in [0.25, 0.3) is 0 Å². The Balaban J connectivity index is 1.87. The van der Waals surface area contributed by atoms with Crippen LogP contribution in [-0.4, -0.2) is 20.5 Å². The highest BCUT2D eigenvalue weighted by Gasteiger charge is 2.28. The predicted molar refractivity (Wildman–Crippen MR) is 66.4 cm³/mol. The summed E-state index contributed by atoms with van der Waals surface area (Å²) in [6.07, 6.45) is 5.09. The Morgan fingerprint density at radius 2 is 2.24 bits per heavy atom. The quantitative estimate of drug-likeness (QED) is 0.591. The molecule has 1 saturated carbocycles. The van der Waals surface area contributed by atoms with Crippen molar-refractivity contribution < 1.29 is 0 Å². The third-order valence-electron chi connectivity index (χ3n) is 2.74. The first-order valence-electron chi connectivity index (χ1n) is 6.00. The van der Waals surface area contributed by atoms with Gasteiger partial charge in [0.05, 0.1) is 12.6 Å². The standard InChI is InChI=1S/C11H17N5S/c12-6-2-1-3-7-17-11-15-14-10(8-13)16(11)9-4-5-9/h9H,1-5,7-8,13H2. The van der Waals surface area contributed by atoms with Gasteiger partial charge in [-0.15, -0.1) is 10.2 Å². The maximum absolute atomic E-state index is 8.45. The Morgan fingerprint density at radius 1 is 1.41 bits per heavy atom. The first-order chi connectivity index (χ1) is 8.36. The van der Waals surface area contributed by atoms with Crippen molar-refractivity contribution in [2.45, 2.75) is 49.8 Å². The largest absolute Gasteiger partial charge is 0.324 e. The van der Waals surface area contributed by atoms with Gasteiger partial charge in [-0.2, -0.15) is 5.26 Å². The van der Waals surface area contributed by atoms with Crippen LogP contribution in [0.1, 0.15) is 44.0 Å². The first-order valence-corrected chi connectivity index (χ1v) is 6.99. The van der Waals surface area contributed by atoms with Crippen LogP contribution < -0.4 is 5.73 Å². The van der Waals surface area contributed by atoms with Crippen molar-refractivity contribution in [2.75, 3.05) is 5.75 Å². The van der Waals surface area contributed by atoms with Gasteiger partial charge >= 0.3 is 0 Å². The number of thioether (sulfide) groups is 1. The molecule has 1 aromatic rings. The number of unbranched alkanes of at least 4 members (excludes halogenated alkanes) is 2. The van der Waals surface area contributed by atoms with Gasteiger partial charge in [0.15, 0.2) is 5.16 Å². The number of nitrogens with two attached hydrogens (primary N) is 1. The Hall–Kier alpha value is -1.06. The smallest absolute Gasteiger partial charge is 0.191 e. The number of hydrogen-bond donors (Lipinski definition) is 1. The molecule has 0 radical (unpaired) electrons. The van der Waals surface area contributed by atoms with E-state index in [1.54, 1.807) is 11.8 Å². The topological polar surface area (TPSA) is 80.5 Å². The van der Waals surface area contributed by atoms with Crippen LogP contribution in [0.2, 0.25) is 0 Å². The molecule has 2 N–H and O–H groups in total. The zero-order chi connectivity index (χ0) is 12.1. The number of aromatic nitrogens is 3. The van der Waals surface area contributed by atoms with Crippen LogP contribution >= 0.6 is 11.8 Å². The molecule has 1 aromatic heterocycles. The highest BCUT2D eigenvalue weighted by Crippen LogP contribution is 2.38. The van der Waals surface area contributed by atoms with Gasteiger partial charge in [-0.1, -0.05) is 11.8 Å². The van der Waals surface area contributed by atoms with E-state index in [2.05, 4.69) is 20.8 Å². The van der Waals surface area contributed by atoms with Gasteiger partial charge in [0, 0.05) is 18.2 Å². The Labute approximate surface area is 105 Å². The van der Waals surface area contributed by atoms with Crippen LogP contribution in [0.15, 0.2) is 5.16 Å². The molecular formula is C11H17N5S. The second kappa shape index (κ2) is 6.03. The lowest BCUT2D eigenvalue weighted by Gasteiger charge is -2.06. The molecule has 1 aliphatic rings. The van der Waals surface area contributed by atoms with E-state index < -0.39 is 0 Å². The SMILES string of the molecule is N#CCCCCSc1nnc(CN)n1C1CC1. The van der Waals surface area contributed by atoms with Crippen molar-refractivity contribution >= 4 is 11.8 Å². The molecule has 1 aliphatic carbocycles. The van der Waals surface area contributed by atoms with Crippen molar-refractivity contribution in [2.24, 2.45) is 5.73 Å². The molecule has 0 aliphatic heterocycles. The highest BCUT2D eigenvalue weighted by molar-refractivity contribution is 7.99. The molecule has 17 heavy (non-hydrogen) atoms. The van der Waals surface area contributed by atoms with Crippen molar-refractivity contribution in [3.05, 3.63) is 5.82 Å². The lowest BCUT2D eigenvalue weighted by atomic mass is 10.3. The van der Waals surface area contributed by atoms with E-state index in [0.29, 0.717) is 19.0 Å². The summed E-state index contributed by atoms with van der Waals surface area (Å²) in [6, 6.07) is 2.73. The molecule has 0 bridgehead atoms. The summed E-state index contributed by atoms with van der Waals surface area (Å²) in [5, 5.41) is 17.8. The van der Waals surface area contributed by atoms with E-state index in [1.165, 1.54) is 12.8 Å². The van der Waals surface area contributed by atoms with E-state index in [4.69, 9.17) is 11.0 Å². The molecule has 1 fully saturated rings. The highest BCUT2D eigenvalue weighted by atomic mass is 32.2. The third-order valence-corrected chi connectivity index (χ3v) is 3.77. The number of nitriles is 1. The maximum atomic E-state index is 8.45. The molecule has 6 heteroatoms. The van der Waals surface area contributed by atoms with E-state index in [-0.39, 0.29) is 0 Å². The molecule has 0 spiro atoms. The van der Waals surface area contributed by atoms with E-state index in [9.17, 15) is 0 Å². The summed E-state index contributed by atoms with van der Waals surface area (Å²) in [7, 11) is 0. The molecule has 1 heterocycles. The molecule has 2 rings (SSSR count). The second-order valence-electron chi connectivity index (χ2n) is 4.17. The fraction of sp³-hybridized carbons (Fsp3) is 0.727. The molecular weight excluding hydrogens is 234 g/mol. The van der Waals surface area contributed by atoms with Gasteiger partial charge in [0.25, 0.3) is 0 Å². The summed E-state index contributed by atoms with van der Waals surface area (Å²) in [5.74, 6) is 1.89. The summed E-state index contributed by atoms with van der Waals surface area (Å²) >= 11 is 1.73. The molecule has 92 valence electrons. The molecule has 0 aromatic carbocycles. The second-order valence-corrected chi connectivity index (χ2v) is 5.23. The summed E-state index contributed by atoms with van der Waals surface area (Å²) in [5.41, 5.74) is 5.66. The maximum Gasteiger partial charge on any atom is 0.191 e. The molecule has 0 saturated heterocycles. The van der Waals surface area contributed by atoms with Crippen molar-refractivity contribution in [1.29, 1.82) is 5.26 Å². The van der Waals surface area contributed by atoms with Crippen LogP contribution in [0.3, 0.4) is 0 Å². The minimum Gasteiger partial charge on any atom is -0.324 e. The fourth-order valence-electron chi connectivity index (χ4n) is 1.71. The van der Waals surface area contributed by atoms with Crippen LogP contribution in [0.4, 0.5) is 0 Å². The third kappa shape index (κ3) is 3.20. The summed E-state index contributed by atoms with van der Waals surface area (Å²) in [6.45, 7) is 0.457. The Morgan fingerprint density at radius 3 is 2.88 bits per heavy atom. The van der Waals surface area contributed by atoms with Gasteiger partial charge < -0.3 is 10.3 Å². The van der Waals surface area contributed by atoms with Gasteiger partial charge in [-0.3, -0.25) is 0 Å². The fourth-order valence-corrected chi connectivity index (χ4v) is 2.74. The minimum absolute atomic E-state index is 0.457. The van der Waals surface area contributed by atoms with Gasteiger partial charge in [0.2, 0.25) is 0 Å². The normalized spacial score (nSPS) is 14.8. The summed E-state index contributed by atoms with van der Waals surface area (Å²) < 4.78 is 2.19. The Bertz CT molecular complexity index is 404. The zero-order valence-electron chi connectivity index (χ0n) is 9.80. The minimum atomic E-state index is 0.457. The lowest BCUT2D eigenvalue weighted by molar-refractivity contribution is 0.626. The summed E-state index contributed by atoms with van der Waals surface area (Å²) in [4.78, 5) is 0.